The van der Waals surface area contributed by atoms with Crippen molar-refractivity contribution in [1.82, 2.24) is 4.98 Å². The Labute approximate surface area is 76.7 Å². The van der Waals surface area contributed by atoms with Crippen LogP contribution in [0.15, 0.2) is 6.20 Å². The predicted molar refractivity (Wildman–Crippen MR) is 40.9 cm³/mol. The SMILES string of the molecule is Oc1c(C(F)F)ncc(Cl)c1Cl. The van der Waals surface area contributed by atoms with Gasteiger partial charge in [-0.25, -0.2) is 13.8 Å². The quantitative estimate of drug-likeness (QED) is 0.779. The van der Waals surface area contributed by atoms with Crippen molar-refractivity contribution in [3.63, 3.8) is 0 Å². The molecule has 0 aliphatic rings. The first kappa shape index (κ1) is 9.48. The molecule has 0 fully saturated rings. The standard InChI is InChI=1S/C6H3Cl2F2NO/c7-2-1-11-4(6(9)10)5(12)3(2)8/h1,6,12H. The third-order valence-corrected chi connectivity index (χ3v) is 1.95. The van der Waals surface area contributed by atoms with Gasteiger partial charge in [-0.15, -0.1) is 0 Å². The normalized spacial score (nSPS) is 10.8. The summed E-state index contributed by atoms with van der Waals surface area (Å²) in [5, 5.41) is 8.63. The molecule has 66 valence electrons. The topological polar surface area (TPSA) is 33.1 Å². The Morgan fingerprint density at radius 1 is 1.42 bits per heavy atom. The van der Waals surface area contributed by atoms with E-state index in [0.717, 1.165) is 6.20 Å². The maximum absolute atomic E-state index is 12.0. The summed E-state index contributed by atoms with van der Waals surface area (Å²) >= 11 is 10.8. The monoisotopic (exact) mass is 213 g/mol. The highest BCUT2D eigenvalue weighted by Crippen LogP contribution is 2.36. The molecule has 0 bridgehead atoms. The Morgan fingerprint density at radius 2 is 2.00 bits per heavy atom. The van der Waals surface area contributed by atoms with Gasteiger partial charge in [0.2, 0.25) is 0 Å². The number of alkyl halides is 2. The highest BCUT2D eigenvalue weighted by atomic mass is 35.5. The second-order valence-electron chi connectivity index (χ2n) is 1.95. The van der Waals surface area contributed by atoms with Crippen molar-refractivity contribution in [3.8, 4) is 5.75 Å². The number of rotatable bonds is 1. The van der Waals surface area contributed by atoms with Crippen molar-refractivity contribution >= 4 is 23.2 Å². The van der Waals surface area contributed by atoms with Gasteiger partial charge in [-0.3, -0.25) is 0 Å². The zero-order valence-corrected chi connectivity index (χ0v) is 7.07. The van der Waals surface area contributed by atoms with E-state index in [0.29, 0.717) is 0 Å². The Balaban J connectivity index is 3.27. The van der Waals surface area contributed by atoms with Gasteiger partial charge in [-0.1, -0.05) is 23.2 Å². The van der Waals surface area contributed by atoms with Gasteiger partial charge in [0.05, 0.1) is 5.02 Å². The molecule has 0 saturated heterocycles. The summed E-state index contributed by atoms with van der Waals surface area (Å²) in [4.78, 5) is 3.22. The molecule has 0 aromatic carbocycles. The second-order valence-corrected chi connectivity index (χ2v) is 2.74. The highest BCUT2D eigenvalue weighted by Gasteiger charge is 2.18. The average Bonchev–Trinajstić information content (AvgIpc) is 2.00. The molecule has 2 nitrogen and oxygen atoms in total. The van der Waals surface area contributed by atoms with Crippen LogP contribution in [0.2, 0.25) is 10.0 Å². The van der Waals surface area contributed by atoms with Gasteiger partial charge in [0.15, 0.2) is 5.75 Å². The Morgan fingerprint density at radius 3 is 2.50 bits per heavy atom. The van der Waals surface area contributed by atoms with Crippen LogP contribution in [0.25, 0.3) is 0 Å². The van der Waals surface area contributed by atoms with Gasteiger partial charge in [-0.05, 0) is 0 Å². The third kappa shape index (κ3) is 1.59. The molecule has 1 aromatic heterocycles. The minimum atomic E-state index is -2.86. The van der Waals surface area contributed by atoms with Crippen LogP contribution in [0.5, 0.6) is 5.75 Å². The summed E-state index contributed by atoms with van der Waals surface area (Å²) in [6.45, 7) is 0. The van der Waals surface area contributed by atoms with E-state index in [-0.39, 0.29) is 10.0 Å². The van der Waals surface area contributed by atoms with E-state index in [1.807, 2.05) is 0 Å². The second kappa shape index (κ2) is 3.41. The molecule has 0 radical (unpaired) electrons. The maximum atomic E-state index is 12.0. The van der Waals surface area contributed by atoms with E-state index in [9.17, 15) is 8.78 Å². The average molecular weight is 214 g/mol. The maximum Gasteiger partial charge on any atom is 0.284 e. The molecule has 0 atom stereocenters. The molecular weight excluding hydrogens is 211 g/mol. The number of hydrogen-bond donors (Lipinski definition) is 1. The van der Waals surface area contributed by atoms with Crippen molar-refractivity contribution in [2.45, 2.75) is 6.43 Å². The summed E-state index contributed by atoms with van der Waals surface area (Å²) in [6, 6.07) is 0. The predicted octanol–water partition coefficient (Wildman–Crippen LogP) is 3.03. The zero-order valence-electron chi connectivity index (χ0n) is 5.56. The molecule has 0 saturated carbocycles. The number of nitrogens with zero attached hydrogens (tertiary/aromatic N) is 1. The number of hydrogen-bond acceptors (Lipinski definition) is 2. The van der Waals surface area contributed by atoms with Crippen LogP contribution in [-0.2, 0) is 0 Å². The molecule has 1 heterocycles. The van der Waals surface area contributed by atoms with Crippen LogP contribution < -0.4 is 0 Å². The third-order valence-electron chi connectivity index (χ3n) is 1.18. The van der Waals surface area contributed by atoms with Gasteiger partial charge in [0, 0.05) is 6.20 Å². The van der Waals surface area contributed by atoms with E-state index < -0.39 is 17.9 Å². The zero-order chi connectivity index (χ0) is 9.30. The van der Waals surface area contributed by atoms with Gasteiger partial charge >= 0.3 is 0 Å². The van der Waals surface area contributed by atoms with Crippen LogP contribution in [0.3, 0.4) is 0 Å². The van der Waals surface area contributed by atoms with E-state index in [4.69, 9.17) is 28.3 Å². The molecule has 6 heteroatoms. The van der Waals surface area contributed by atoms with Crippen molar-refractivity contribution in [1.29, 1.82) is 0 Å². The summed E-state index contributed by atoms with van der Waals surface area (Å²) in [5.74, 6) is -0.765. The van der Waals surface area contributed by atoms with Gasteiger partial charge in [0.25, 0.3) is 6.43 Å². The molecule has 0 amide bonds. The Kier molecular flexibility index (Phi) is 2.69. The molecule has 0 aliphatic heterocycles. The lowest BCUT2D eigenvalue weighted by Crippen LogP contribution is -1.91. The van der Waals surface area contributed by atoms with Crippen LogP contribution >= 0.6 is 23.2 Å². The molecule has 12 heavy (non-hydrogen) atoms. The summed E-state index contributed by atoms with van der Waals surface area (Å²) in [6.07, 6.45) is -1.90. The lowest BCUT2D eigenvalue weighted by atomic mass is 10.3. The van der Waals surface area contributed by atoms with E-state index in [2.05, 4.69) is 4.98 Å². The fraction of sp³-hybridized carbons (Fsp3) is 0.167. The summed E-state index contributed by atoms with van der Waals surface area (Å²) in [7, 11) is 0. The molecule has 1 aromatic rings. The summed E-state index contributed by atoms with van der Waals surface area (Å²) < 4.78 is 24.0. The fourth-order valence-corrected chi connectivity index (χ4v) is 0.913. The fourth-order valence-electron chi connectivity index (χ4n) is 0.629. The van der Waals surface area contributed by atoms with Crippen molar-refractivity contribution < 1.29 is 13.9 Å². The summed E-state index contributed by atoms with van der Waals surface area (Å²) in [5.41, 5.74) is -0.760. The van der Waals surface area contributed by atoms with Crippen molar-refractivity contribution in [2.24, 2.45) is 0 Å². The number of halogens is 4. The number of pyridine rings is 1. The first-order valence-corrected chi connectivity index (χ1v) is 3.60. The minimum Gasteiger partial charge on any atom is -0.504 e. The highest BCUT2D eigenvalue weighted by molar-refractivity contribution is 6.42. The smallest absolute Gasteiger partial charge is 0.284 e. The van der Waals surface area contributed by atoms with E-state index in [1.54, 1.807) is 0 Å². The van der Waals surface area contributed by atoms with E-state index >= 15 is 0 Å². The first-order valence-electron chi connectivity index (χ1n) is 2.85. The van der Waals surface area contributed by atoms with Crippen molar-refractivity contribution in [3.05, 3.63) is 21.9 Å². The van der Waals surface area contributed by atoms with Gasteiger partial charge in [-0.2, -0.15) is 0 Å². The molecular formula is C6H3Cl2F2NO. The molecule has 0 spiro atoms. The van der Waals surface area contributed by atoms with Crippen molar-refractivity contribution in [2.75, 3.05) is 0 Å². The van der Waals surface area contributed by atoms with Gasteiger partial charge in [0.1, 0.15) is 10.7 Å². The van der Waals surface area contributed by atoms with Crippen LogP contribution in [-0.4, -0.2) is 10.1 Å². The number of aromatic nitrogens is 1. The number of aromatic hydroxyl groups is 1. The largest absolute Gasteiger partial charge is 0.504 e. The Hall–Kier alpha value is -0.610. The lowest BCUT2D eigenvalue weighted by Gasteiger charge is -2.04. The molecule has 0 aliphatic carbocycles. The molecule has 1 rings (SSSR count). The Bertz CT molecular complexity index is 306. The molecule has 0 unspecified atom stereocenters. The van der Waals surface area contributed by atoms with Crippen LogP contribution in [0.4, 0.5) is 8.78 Å². The van der Waals surface area contributed by atoms with E-state index in [1.165, 1.54) is 0 Å². The lowest BCUT2D eigenvalue weighted by molar-refractivity contribution is 0.142. The van der Waals surface area contributed by atoms with Crippen LogP contribution in [0.1, 0.15) is 12.1 Å². The van der Waals surface area contributed by atoms with Crippen LogP contribution in [0, 0.1) is 0 Å². The minimum absolute atomic E-state index is 0.0569. The van der Waals surface area contributed by atoms with Gasteiger partial charge < -0.3 is 5.11 Å². The first-order chi connectivity index (χ1) is 5.54. The molecule has 1 N–H and O–H groups in total.